The lowest BCUT2D eigenvalue weighted by Crippen LogP contribution is -2.69. The molecule has 0 bridgehead atoms. The van der Waals surface area contributed by atoms with Crippen LogP contribution >= 0.6 is 0 Å². The first kappa shape index (κ1) is 66.5. The standard InChI is InChI=1S/C22H44N6O10.C22H43N5O13/c23-4-3-12(30)20(34)28-11-5-10(26)18(37-21-9(25)2-1-8(6-24)35-21)17(33)19(11)38-22-16(32)14(27)15(31)13(7-29)36-22;23-2-1-8(29)20(36)27-7-3-6(25)18(39-22-16(34)15(33)13(31)9(4-24)37-22)17(35)19(7)40-21-14(32)11(26)12(30)10(5-28)38-21/h8-19,21-22,29-33H,1-7,23-27H2,(H,28,34);6-19,21-22,28-35H,1-5,23-26H2,(H,27,36)/t8-,9+,10-,11+,12?,13+,14-,15+,16+,17-,18+,19-,21+,22+;6-,7+,8-,9+,10+,11-,12+,13+,14+,15-,16+,17-,18+,19-,21+,22+/m00/s1. The Kier molecular flexibility index (Phi) is 25.9. The number of rotatable bonds is 20. The van der Waals surface area contributed by atoms with E-state index in [0.29, 0.717) is 12.8 Å². The SMILES string of the molecule is NCCC(O)C(=O)N[C@@H]1C[C@H](N)[C@@H](O[C@H]2O[C@H](CN)CC[C@H]2N)[C@H](O)[C@H]1O[C@H]1O[C@H](CO)[C@@H](O)[C@H](N)[C@H]1O.NCC[C@H](O)C(=O)N[C@@H]1C[C@H](N)[C@@H](O[C@H]2O[C@H](CN)[C@@H](O)[C@H](O)[C@H]2O)[C@H](O)[C@H]1O[C@H]1O[C@H](CO)[C@@H](O)[C@H](N)[C@H]1O. The summed E-state index contributed by atoms with van der Waals surface area (Å²) in [5.74, 6) is -1.61. The van der Waals surface area contributed by atoms with E-state index in [2.05, 4.69) is 10.6 Å². The van der Waals surface area contributed by atoms with Gasteiger partial charge in [-0.3, -0.25) is 9.59 Å². The molecular weight excluding hydrogens is 1050 g/mol. The van der Waals surface area contributed by atoms with Crippen molar-refractivity contribution in [2.75, 3.05) is 39.4 Å². The monoisotopic (exact) mass is 1140 g/mol. The first-order chi connectivity index (χ1) is 36.9. The van der Waals surface area contributed by atoms with E-state index >= 15 is 0 Å². The van der Waals surface area contributed by atoms with E-state index in [-0.39, 0.29) is 58.0 Å². The van der Waals surface area contributed by atoms with E-state index in [9.17, 15) is 76.0 Å². The number of nitrogens with one attached hydrogen (secondary N) is 2. The van der Waals surface area contributed by atoms with Crippen molar-refractivity contribution < 1.29 is 114 Å². The maximum Gasteiger partial charge on any atom is 0.249 e. The first-order valence-electron chi connectivity index (χ1n) is 26.0. The van der Waals surface area contributed by atoms with Gasteiger partial charge in [-0.1, -0.05) is 0 Å². The van der Waals surface area contributed by atoms with Gasteiger partial charge in [0.15, 0.2) is 25.2 Å². The lowest BCUT2D eigenvalue weighted by atomic mass is 9.83. The van der Waals surface area contributed by atoms with Crippen LogP contribution in [0.4, 0.5) is 0 Å². The molecule has 34 heteroatoms. The number of nitrogens with two attached hydrogens (primary N) is 9. The highest BCUT2D eigenvalue weighted by molar-refractivity contribution is 5.81. The van der Waals surface area contributed by atoms with E-state index in [1.807, 2.05) is 0 Å². The fourth-order valence-electron chi connectivity index (χ4n) is 10.1. The fraction of sp³-hybridized carbons (Fsp3) is 0.955. The molecule has 4 aliphatic heterocycles. The molecule has 1 unspecified atom stereocenters. The van der Waals surface area contributed by atoms with Crippen molar-refractivity contribution in [3.63, 3.8) is 0 Å². The largest absolute Gasteiger partial charge is 0.394 e. The molecule has 4 saturated heterocycles. The molecule has 2 saturated carbocycles. The Balaban J connectivity index is 0.000000288. The van der Waals surface area contributed by atoms with Crippen LogP contribution in [0.25, 0.3) is 0 Å². The average molecular weight is 1140 g/mol. The lowest BCUT2D eigenvalue weighted by Gasteiger charge is -2.49. The molecule has 33 N–H and O–H groups in total. The summed E-state index contributed by atoms with van der Waals surface area (Å²) in [5.41, 5.74) is 52.6. The third kappa shape index (κ3) is 15.9. The number of carbonyl (C=O) groups excluding carboxylic acids is 2. The zero-order chi connectivity index (χ0) is 58.0. The molecule has 6 rings (SSSR count). The Morgan fingerprint density at radius 2 is 0.859 bits per heavy atom. The minimum absolute atomic E-state index is 0.000983. The maximum atomic E-state index is 12.6. The Labute approximate surface area is 448 Å². The summed E-state index contributed by atoms with van der Waals surface area (Å²) in [6.07, 6.45) is -30.6. The van der Waals surface area contributed by atoms with Gasteiger partial charge in [0.2, 0.25) is 11.8 Å². The number of aliphatic hydroxyl groups excluding tert-OH is 13. The summed E-state index contributed by atoms with van der Waals surface area (Å²) in [6.45, 7) is -1.19. The van der Waals surface area contributed by atoms with E-state index in [1.54, 1.807) is 0 Å². The summed E-state index contributed by atoms with van der Waals surface area (Å²) < 4.78 is 45.8. The van der Waals surface area contributed by atoms with Crippen molar-refractivity contribution in [1.82, 2.24) is 10.6 Å². The molecule has 4 heterocycles. The van der Waals surface area contributed by atoms with Crippen LogP contribution in [0.2, 0.25) is 0 Å². The van der Waals surface area contributed by atoms with Gasteiger partial charge in [-0.25, -0.2) is 0 Å². The van der Waals surface area contributed by atoms with Gasteiger partial charge in [-0.15, -0.1) is 0 Å². The number of aliphatic hydroxyl groups is 13. The van der Waals surface area contributed by atoms with E-state index < -0.39 is 202 Å². The number of carbonyl (C=O) groups is 2. The normalized spacial score (nSPS) is 46.0. The molecule has 456 valence electrons. The minimum Gasteiger partial charge on any atom is -0.394 e. The highest BCUT2D eigenvalue weighted by Crippen LogP contribution is 2.34. The maximum absolute atomic E-state index is 12.6. The van der Waals surface area contributed by atoms with Gasteiger partial charge in [0, 0.05) is 25.2 Å². The number of amides is 2. The summed E-state index contributed by atoms with van der Waals surface area (Å²) in [6, 6.07) is -6.99. The van der Waals surface area contributed by atoms with Crippen molar-refractivity contribution >= 4 is 11.8 Å². The predicted octanol–water partition coefficient (Wildman–Crippen LogP) is -14.8. The Morgan fingerprint density at radius 3 is 1.26 bits per heavy atom. The van der Waals surface area contributed by atoms with E-state index in [0.717, 1.165) is 0 Å². The van der Waals surface area contributed by atoms with Gasteiger partial charge in [0.25, 0.3) is 0 Å². The van der Waals surface area contributed by atoms with Crippen LogP contribution in [0.1, 0.15) is 38.5 Å². The molecular formula is C44H87N11O23. The van der Waals surface area contributed by atoms with Gasteiger partial charge < -0.3 is 167 Å². The molecule has 78 heavy (non-hydrogen) atoms. The van der Waals surface area contributed by atoms with Crippen LogP contribution in [-0.2, 0) is 47.5 Å². The molecule has 6 fully saturated rings. The lowest BCUT2D eigenvalue weighted by molar-refractivity contribution is -0.332. The van der Waals surface area contributed by atoms with Crippen LogP contribution in [-0.4, -0.2) is 301 Å². The number of hydrogen-bond donors (Lipinski definition) is 24. The van der Waals surface area contributed by atoms with Crippen LogP contribution in [0, 0.1) is 0 Å². The van der Waals surface area contributed by atoms with Crippen LogP contribution in [0.15, 0.2) is 0 Å². The van der Waals surface area contributed by atoms with Crippen LogP contribution in [0.5, 0.6) is 0 Å². The zero-order valence-electron chi connectivity index (χ0n) is 42.9. The second-order valence-corrected chi connectivity index (χ2v) is 20.5. The van der Waals surface area contributed by atoms with Gasteiger partial charge in [0.1, 0.15) is 110 Å². The Morgan fingerprint density at radius 1 is 0.462 bits per heavy atom. The van der Waals surface area contributed by atoms with Crippen molar-refractivity contribution in [2.45, 2.75) is 222 Å². The smallest absolute Gasteiger partial charge is 0.249 e. The van der Waals surface area contributed by atoms with E-state index in [1.165, 1.54) is 0 Å². The summed E-state index contributed by atoms with van der Waals surface area (Å²) in [4.78, 5) is 25.2. The molecule has 0 aromatic rings. The zero-order valence-corrected chi connectivity index (χ0v) is 42.9. The number of ether oxygens (including phenoxy) is 8. The molecule has 30 atom stereocenters. The molecule has 2 aliphatic carbocycles. The Hall–Kier alpha value is -2.26. The summed E-state index contributed by atoms with van der Waals surface area (Å²) in [7, 11) is 0. The molecule has 0 aromatic heterocycles. The van der Waals surface area contributed by atoms with Crippen molar-refractivity contribution in [3.8, 4) is 0 Å². The molecule has 34 nitrogen and oxygen atoms in total. The van der Waals surface area contributed by atoms with Gasteiger partial charge in [0.05, 0.1) is 49.5 Å². The van der Waals surface area contributed by atoms with Crippen molar-refractivity contribution in [2.24, 2.45) is 51.6 Å². The third-order valence-electron chi connectivity index (χ3n) is 14.9. The molecule has 0 radical (unpaired) electrons. The quantitative estimate of drug-likeness (QED) is 0.0538. The summed E-state index contributed by atoms with van der Waals surface area (Å²) in [5, 5.41) is 139. The second-order valence-electron chi connectivity index (χ2n) is 20.5. The molecule has 0 aromatic carbocycles. The highest BCUT2D eigenvalue weighted by Gasteiger charge is 2.54. The highest BCUT2D eigenvalue weighted by atomic mass is 16.7. The van der Waals surface area contributed by atoms with Crippen LogP contribution in [0.3, 0.4) is 0 Å². The summed E-state index contributed by atoms with van der Waals surface area (Å²) >= 11 is 0. The van der Waals surface area contributed by atoms with Gasteiger partial charge >= 0.3 is 0 Å². The number of hydrogen-bond acceptors (Lipinski definition) is 32. The topological polar surface area (TPSA) is 629 Å². The molecule has 6 aliphatic rings. The van der Waals surface area contributed by atoms with Crippen molar-refractivity contribution in [1.29, 1.82) is 0 Å². The second kappa shape index (κ2) is 30.3. The van der Waals surface area contributed by atoms with Crippen LogP contribution < -0.4 is 62.2 Å². The molecule has 2 amide bonds. The fourth-order valence-corrected chi connectivity index (χ4v) is 10.1. The predicted molar refractivity (Wildman–Crippen MR) is 262 cm³/mol. The third-order valence-corrected chi connectivity index (χ3v) is 14.9. The first-order valence-corrected chi connectivity index (χ1v) is 26.0. The molecule has 0 spiro atoms. The van der Waals surface area contributed by atoms with Gasteiger partial charge in [-0.05, 0) is 51.6 Å². The average Bonchev–Trinajstić information content (AvgIpc) is 3.41. The van der Waals surface area contributed by atoms with E-state index in [4.69, 9.17) is 89.5 Å². The Bertz CT molecular complexity index is 1820. The van der Waals surface area contributed by atoms with Crippen molar-refractivity contribution in [3.05, 3.63) is 0 Å². The van der Waals surface area contributed by atoms with Gasteiger partial charge in [-0.2, -0.15) is 0 Å². The minimum atomic E-state index is -1.76.